The van der Waals surface area contributed by atoms with Gasteiger partial charge >= 0.3 is 0 Å². The second-order valence-corrected chi connectivity index (χ2v) is 9.48. The number of rotatable bonds is 6. The highest BCUT2D eigenvalue weighted by Crippen LogP contribution is 2.21. The number of anilines is 1. The zero-order chi connectivity index (χ0) is 22.7. The molecular weight excluding hydrogens is 449 g/mol. The summed E-state index contributed by atoms with van der Waals surface area (Å²) in [4.78, 5) is 17.5. The van der Waals surface area contributed by atoms with E-state index >= 15 is 0 Å². The summed E-state index contributed by atoms with van der Waals surface area (Å²) in [6.45, 7) is 3.97. The minimum Gasteiger partial charge on any atom is -0.310 e. The lowest BCUT2D eigenvalue weighted by atomic mass is 10.2. The molecule has 0 saturated heterocycles. The van der Waals surface area contributed by atoms with E-state index in [1.807, 2.05) is 0 Å². The van der Waals surface area contributed by atoms with Crippen LogP contribution in [0.3, 0.4) is 0 Å². The number of hydrogen-bond donors (Lipinski definition) is 1. The molecule has 3 aromatic carbocycles. The van der Waals surface area contributed by atoms with E-state index in [2.05, 4.69) is 16.3 Å². The highest BCUT2D eigenvalue weighted by molar-refractivity contribution is 7.92. The van der Waals surface area contributed by atoms with Crippen molar-refractivity contribution < 1.29 is 17.6 Å². The fourth-order valence-electron chi connectivity index (χ4n) is 3.15. The lowest BCUT2D eigenvalue weighted by Gasteiger charge is -2.08. The molecule has 1 amide bonds. The molecule has 0 atom stereocenters. The van der Waals surface area contributed by atoms with E-state index in [1.54, 1.807) is 53.1 Å². The van der Waals surface area contributed by atoms with Crippen molar-refractivity contribution in [2.45, 2.75) is 11.4 Å². The van der Waals surface area contributed by atoms with Crippen LogP contribution in [0.2, 0.25) is 0 Å². The van der Waals surface area contributed by atoms with Crippen molar-refractivity contribution in [2.24, 2.45) is 4.99 Å². The number of allylic oxidation sites excluding steroid dienone is 1. The van der Waals surface area contributed by atoms with Crippen LogP contribution < -0.4 is 9.52 Å². The van der Waals surface area contributed by atoms with Gasteiger partial charge in [0.25, 0.3) is 15.9 Å². The Hall–Kier alpha value is -3.56. The quantitative estimate of drug-likeness (QED) is 0.422. The molecule has 4 aromatic rings. The third-order valence-corrected chi connectivity index (χ3v) is 7.02. The molecule has 0 radical (unpaired) electrons. The van der Waals surface area contributed by atoms with Crippen LogP contribution in [0, 0.1) is 5.82 Å². The van der Waals surface area contributed by atoms with E-state index in [-0.39, 0.29) is 22.7 Å². The van der Waals surface area contributed by atoms with Crippen molar-refractivity contribution in [1.82, 2.24) is 4.57 Å². The van der Waals surface area contributed by atoms with Gasteiger partial charge in [0.15, 0.2) is 4.80 Å². The van der Waals surface area contributed by atoms with Crippen molar-refractivity contribution >= 4 is 43.2 Å². The number of halogens is 1. The molecule has 0 aliphatic rings. The largest absolute Gasteiger partial charge is 0.310 e. The standard InChI is InChI=1S/C23H18FN3O3S2/c1-2-14-27-21-19(24)12-7-13-20(21)31-23(27)25-22(28)16-8-6-9-17(15-16)26-32(29,30)18-10-4-3-5-11-18/h2-13,15,26H,1,14H2. The summed E-state index contributed by atoms with van der Waals surface area (Å²) in [5.41, 5.74) is 0.783. The van der Waals surface area contributed by atoms with Gasteiger partial charge in [-0.2, -0.15) is 4.99 Å². The van der Waals surface area contributed by atoms with Crippen LogP contribution in [0.25, 0.3) is 10.2 Å². The third kappa shape index (κ3) is 4.39. The minimum absolute atomic E-state index is 0.110. The summed E-state index contributed by atoms with van der Waals surface area (Å²) in [6.07, 6.45) is 1.60. The van der Waals surface area contributed by atoms with Crippen molar-refractivity contribution in [3.63, 3.8) is 0 Å². The van der Waals surface area contributed by atoms with E-state index in [4.69, 9.17) is 0 Å². The van der Waals surface area contributed by atoms with Crippen LogP contribution in [0.15, 0.2) is 95.3 Å². The van der Waals surface area contributed by atoms with Crippen LogP contribution in [0.1, 0.15) is 10.4 Å². The van der Waals surface area contributed by atoms with E-state index in [9.17, 15) is 17.6 Å². The summed E-state index contributed by atoms with van der Waals surface area (Å²) in [6, 6.07) is 18.7. The molecular formula is C23H18FN3O3S2. The SMILES string of the molecule is C=CCn1c(=NC(=O)c2cccc(NS(=O)(=O)c3ccccc3)c2)sc2cccc(F)c21. The first-order valence-electron chi connectivity index (χ1n) is 9.55. The number of benzene rings is 3. The van der Waals surface area contributed by atoms with Gasteiger partial charge in [-0.1, -0.05) is 47.7 Å². The number of hydrogen-bond acceptors (Lipinski definition) is 4. The number of fused-ring (bicyclic) bond motifs is 1. The molecule has 6 nitrogen and oxygen atoms in total. The third-order valence-electron chi connectivity index (χ3n) is 4.58. The molecule has 32 heavy (non-hydrogen) atoms. The Labute approximate surface area is 188 Å². The first-order valence-corrected chi connectivity index (χ1v) is 11.8. The Bertz CT molecular complexity index is 1490. The number of para-hydroxylation sites is 1. The predicted molar refractivity (Wildman–Crippen MR) is 124 cm³/mol. The monoisotopic (exact) mass is 467 g/mol. The minimum atomic E-state index is -3.80. The second kappa shape index (κ2) is 8.89. The van der Waals surface area contributed by atoms with Crippen LogP contribution in [0.4, 0.5) is 10.1 Å². The van der Waals surface area contributed by atoms with Gasteiger partial charge in [0.2, 0.25) is 0 Å². The summed E-state index contributed by atoms with van der Waals surface area (Å²) in [5, 5.41) is 0. The van der Waals surface area contributed by atoms with E-state index in [1.165, 1.54) is 41.7 Å². The van der Waals surface area contributed by atoms with Crippen molar-refractivity contribution in [1.29, 1.82) is 0 Å². The van der Waals surface area contributed by atoms with Crippen LogP contribution in [-0.4, -0.2) is 18.9 Å². The molecule has 0 aliphatic heterocycles. The second-order valence-electron chi connectivity index (χ2n) is 6.79. The van der Waals surface area contributed by atoms with Gasteiger partial charge < -0.3 is 4.57 Å². The van der Waals surface area contributed by atoms with Gasteiger partial charge in [-0.3, -0.25) is 9.52 Å². The van der Waals surface area contributed by atoms with Gasteiger partial charge in [0, 0.05) is 17.8 Å². The van der Waals surface area contributed by atoms with Gasteiger partial charge in [-0.25, -0.2) is 12.8 Å². The van der Waals surface area contributed by atoms with E-state index in [0.29, 0.717) is 15.0 Å². The average Bonchev–Trinajstić information content (AvgIpc) is 3.13. The lowest BCUT2D eigenvalue weighted by Crippen LogP contribution is -2.17. The maximum Gasteiger partial charge on any atom is 0.279 e. The Balaban J connectivity index is 1.70. The Kier molecular flexibility index (Phi) is 6.02. The predicted octanol–water partition coefficient (Wildman–Crippen LogP) is 4.57. The first kappa shape index (κ1) is 21.7. The van der Waals surface area contributed by atoms with Crippen molar-refractivity contribution in [3.05, 3.63) is 102 Å². The van der Waals surface area contributed by atoms with Gasteiger partial charge in [-0.05, 0) is 42.5 Å². The van der Waals surface area contributed by atoms with Gasteiger partial charge in [0.1, 0.15) is 5.82 Å². The number of sulfonamides is 1. The highest BCUT2D eigenvalue weighted by atomic mass is 32.2. The molecule has 0 spiro atoms. The van der Waals surface area contributed by atoms with Crippen molar-refractivity contribution in [3.8, 4) is 0 Å². The fraction of sp³-hybridized carbons (Fsp3) is 0.0435. The zero-order valence-corrected chi connectivity index (χ0v) is 18.4. The molecule has 162 valence electrons. The zero-order valence-electron chi connectivity index (χ0n) is 16.7. The number of nitrogens with zero attached hydrogens (tertiary/aromatic N) is 2. The maximum absolute atomic E-state index is 14.4. The lowest BCUT2D eigenvalue weighted by molar-refractivity contribution is 0.0998. The van der Waals surface area contributed by atoms with Crippen molar-refractivity contribution in [2.75, 3.05) is 4.72 Å². The highest BCUT2D eigenvalue weighted by Gasteiger charge is 2.15. The smallest absolute Gasteiger partial charge is 0.279 e. The Morgan fingerprint density at radius 2 is 1.84 bits per heavy atom. The number of thiazole rings is 1. The van der Waals surface area contributed by atoms with Gasteiger partial charge in [-0.15, -0.1) is 6.58 Å². The molecule has 0 aliphatic carbocycles. The molecule has 1 aromatic heterocycles. The molecule has 0 saturated carbocycles. The Morgan fingerprint density at radius 1 is 1.09 bits per heavy atom. The van der Waals surface area contributed by atoms with Crippen LogP contribution in [0.5, 0.6) is 0 Å². The number of amides is 1. The van der Waals surface area contributed by atoms with Gasteiger partial charge in [0.05, 0.1) is 15.1 Å². The number of carbonyl (C=O) groups excluding carboxylic acids is 1. The average molecular weight is 468 g/mol. The molecule has 0 fully saturated rings. The molecule has 0 bridgehead atoms. The summed E-state index contributed by atoms with van der Waals surface area (Å²) in [7, 11) is -3.80. The summed E-state index contributed by atoms with van der Waals surface area (Å²) < 4.78 is 44.2. The molecule has 1 N–H and O–H groups in total. The fourth-order valence-corrected chi connectivity index (χ4v) is 5.27. The first-order chi connectivity index (χ1) is 15.4. The molecule has 4 rings (SSSR count). The Morgan fingerprint density at radius 3 is 2.59 bits per heavy atom. The molecule has 0 unspecified atom stereocenters. The summed E-state index contributed by atoms with van der Waals surface area (Å²) in [5.74, 6) is -0.984. The van der Waals surface area contributed by atoms with E-state index in [0.717, 1.165) is 0 Å². The van der Waals surface area contributed by atoms with Crippen LogP contribution >= 0.6 is 11.3 Å². The number of nitrogens with one attached hydrogen (secondary N) is 1. The number of aromatic nitrogens is 1. The maximum atomic E-state index is 14.4. The topological polar surface area (TPSA) is 80.5 Å². The van der Waals surface area contributed by atoms with E-state index < -0.39 is 21.7 Å². The molecule has 1 heterocycles. The summed E-state index contributed by atoms with van der Waals surface area (Å²) >= 11 is 1.19. The van der Waals surface area contributed by atoms with Crippen LogP contribution in [-0.2, 0) is 16.6 Å². The number of carbonyl (C=O) groups is 1. The normalized spacial score (nSPS) is 12.1. The molecule has 9 heteroatoms.